The first-order valence-electron chi connectivity index (χ1n) is 12.3. The normalized spacial score (nSPS) is 18.3. The molecule has 3 aromatic rings. The van der Waals surface area contributed by atoms with Crippen LogP contribution in [0, 0.1) is 0 Å². The maximum Gasteiger partial charge on any atom is 0.226 e. The summed E-state index contributed by atoms with van der Waals surface area (Å²) in [6.07, 6.45) is 10.1. The quantitative estimate of drug-likeness (QED) is 0.400. The molecule has 0 spiro atoms. The Balaban J connectivity index is 1.29. The number of hydrogen-bond acceptors (Lipinski definition) is 4. The third-order valence-electron chi connectivity index (χ3n) is 7.19. The van der Waals surface area contributed by atoms with Crippen molar-refractivity contribution in [2.45, 2.75) is 37.7 Å². The first-order valence-corrected chi connectivity index (χ1v) is 12.7. The van der Waals surface area contributed by atoms with E-state index in [0.29, 0.717) is 10.9 Å². The van der Waals surface area contributed by atoms with Crippen LogP contribution >= 0.6 is 11.6 Å². The maximum absolute atomic E-state index is 11.2. The highest BCUT2D eigenvalue weighted by molar-refractivity contribution is 6.30. The molecule has 5 heteroatoms. The van der Waals surface area contributed by atoms with Crippen LogP contribution < -0.4 is 4.74 Å². The summed E-state index contributed by atoms with van der Waals surface area (Å²) in [5.41, 5.74) is 4.95. The second kappa shape index (κ2) is 10.4. The van der Waals surface area contributed by atoms with Gasteiger partial charge in [0, 0.05) is 48.4 Å². The van der Waals surface area contributed by atoms with Crippen molar-refractivity contribution in [3.63, 3.8) is 0 Å². The number of nitrogens with zero attached hydrogens (tertiary/aromatic N) is 2. The second-order valence-corrected chi connectivity index (χ2v) is 9.86. The largest absolute Gasteiger partial charge is 0.438 e. The van der Waals surface area contributed by atoms with E-state index in [-0.39, 0.29) is 0 Å². The van der Waals surface area contributed by atoms with Crippen molar-refractivity contribution in [2.75, 3.05) is 19.6 Å². The highest BCUT2D eigenvalue weighted by Gasteiger charge is 2.33. The fourth-order valence-electron chi connectivity index (χ4n) is 5.16. The van der Waals surface area contributed by atoms with E-state index < -0.39 is 5.60 Å². The van der Waals surface area contributed by atoms with Crippen molar-refractivity contribution in [1.29, 1.82) is 0 Å². The Kier molecular flexibility index (Phi) is 7.05. The van der Waals surface area contributed by atoms with Gasteiger partial charge in [-0.25, -0.2) is 4.98 Å². The van der Waals surface area contributed by atoms with E-state index in [2.05, 4.69) is 34.7 Å². The first kappa shape index (κ1) is 23.8. The number of fused-ring (bicyclic) bond motifs is 2. The van der Waals surface area contributed by atoms with Gasteiger partial charge in [-0.3, -0.25) is 0 Å². The molecule has 1 N–H and O–H groups in total. The minimum Gasteiger partial charge on any atom is -0.438 e. The van der Waals surface area contributed by atoms with Gasteiger partial charge in [0.2, 0.25) is 5.88 Å². The molecule has 0 saturated carbocycles. The Morgan fingerprint density at radius 2 is 1.89 bits per heavy atom. The fraction of sp³-hybridized carbons (Fsp3) is 0.300. The molecular formula is C30H31ClN2O2. The van der Waals surface area contributed by atoms with Gasteiger partial charge in [-0.05, 0) is 72.7 Å². The third kappa shape index (κ3) is 5.20. The zero-order valence-corrected chi connectivity index (χ0v) is 20.7. The molecule has 180 valence electrons. The number of aliphatic hydroxyl groups is 1. The van der Waals surface area contributed by atoms with Gasteiger partial charge in [0.15, 0.2) is 0 Å². The standard InChI is InChI=1S/C30H31ClN2O2/c1-2-6-22-7-3-10-28-27(22)21-23(26-9-4-17-32-29(26)35-28)8-5-18-33-19-15-30(34,16-20-33)24-11-13-25(31)14-12-24/h2-4,7-14,17,34H,1,5-6,15-16,18-21H2/b23-8-. The molecule has 0 atom stereocenters. The number of benzene rings is 2. The van der Waals surface area contributed by atoms with Crippen LogP contribution in [-0.2, 0) is 18.4 Å². The predicted octanol–water partition coefficient (Wildman–Crippen LogP) is 6.57. The van der Waals surface area contributed by atoms with Crippen molar-refractivity contribution < 1.29 is 9.84 Å². The summed E-state index contributed by atoms with van der Waals surface area (Å²) in [5, 5.41) is 11.9. The minimum atomic E-state index is -0.770. The molecule has 0 unspecified atom stereocenters. The van der Waals surface area contributed by atoms with Crippen molar-refractivity contribution in [2.24, 2.45) is 0 Å². The molecule has 0 radical (unpaired) electrons. The average molecular weight is 487 g/mol. The fourth-order valence-corrected chi connectivity index (χ4v) is 5.29. The van der Waals surface area contributed by atoms with Crippen LogP contribution in [0.4, 0.5) is 0 Å². The van der Waals surface area contributed by atoms with E-state index in [1.807, 2.05) is 48.5 Å². The van der Waals surface area contributed by atoms with Gasteiger partial charge >= 0.3 is 0 Å². The molecule has 0 amide bonds. The van der Waals surface area contributed by atoms with Gasteiger partial charge in [-0.1, -0.05) is 48.0 Å². The van der Waals surface area contributed by atoms with Gasteiger partial charge in [0.25, 0.3) is 0 Å². The summed E-state index contributed by atoms with van der Waals surface area (Å²) < 4.78 is 6.26. The molecule has 4 nitrogen and oxygen atoms in total. The van der Waals surface area contributed by atoms with E-state index >= 15 is 0 Å². The van der Waals surface area contributed by atoms with Crippen LogP contribution in [0.25, 0.3) is 5.57 Å². The van der Waals surface area contributed by atoms with Gasteiger partial charge in [-0.2, -0.15) is 0 Å². The topological polar surface area (TPSA) is 45.6 Å². The van der Waals surface area contributed by atoms with Crippen molar-refractivity contribution >= 4 is 17.2 Å². The lowest BCUT2D eigenvalue weighted by atomic mass is 9.84. The molecule has 2 aliphatic heterocycles. The van der Waals surface area contributed by atoms with Crippen molar-refractivity contribution in [3.8, 4) is 11.6 Å². The van der Waals surface area contributed by atoms with Crippen LogP contribution in [0.1, 0.15) is 41.5 Å². The van der Waals surface area contributed by atoms with Crippen LogP contribution in [0.2, 0.25) is 5.02 Å². The lowest BCUT2D eigenvalue weighted by Crippen LogP contribution is -2.42. The van der Waals surface area contributed by atoms with Crippen LogP contribution in [0.5, 0.6) is 11.6 Å². The Morgan fingerprint density at radius 1 is 1.09 bits per heavy atom. The van der Waals surface area contributed by atoms with E-state index in [1.54, 1.807) is 6.20 Å². The van der Waals surface area contributed by atoms with Crippen molar-refractivity contribution in [3.05, 3.63) is 107 Å². The summed E-state index contributed by atoms with van der Waals surface area (Å²) in [4.78, 5) is 6.96. The van der Waals surface area contributed by atoms with Crippen molar-refractivity contribution in [1.82, 2.24) is 9.88 Å². The summed E-state index contributed by atoms with van der Waals surface area (Å²) in [7, 11) is 0. The summed E-state index contributed by atoms with van der Waals surface area (Å²) in [6.45, 7) is 6.62. The number of ether oxygens (including phenoxy) is 1. The predicted molar refractivity (Wildman–Crippen MR) is 142 cm³/mol. The van der Waals surface area contributed by atoms with Crippen LogP contribution in [-0.4, -0.2) is 34.6 Å². The molecule has 1 fully saturated rings. The molecule has 1 saturated heterocycles. The highest BCUT2D eigenvalue weighted by atomic mass is 35.5. The number of halogens is 1. The van der Waals surface area contributed by atoms with Crippen LogP contribution in [0.3, 0.4) is 0 Å². The van der Waals surface area contributed by atoms with Gasteiger partial charge in [-0.15, -0.1) is 6.58 Å². The Labute approximate surface area is 212 Å². The molecule has 2 aliphatic rings. The molecule has 0 aliphatic carbocycles. The first-order chi connectivity index (χ1) is 17.1. The third-order valence-corrected chi connectivity index (χ3v) is 7.44. The number of pyridine rings is 1. The number of likely N-dealkylation sites (tertiary alicyclic amines) is 1. The second-order valence-electron chi connectivity index (χ2n) is 9.42. The van der Waals surface area contributed by atoms with Gasteiger partial charge in [0.05, 0.1) is 5.60 Å². The van der Waals surface area contributed by atoms with Crippen LogP contribution in [0.15, 0.2) is 79.5 Å². The lowest BCUT2D eigenvalue weighted by molar-refractivity contribution is -0.0254. The minimum absolute atomic E-state index is 0.666. The summed E-state index contributed by atoms with van der Waals surface area (Å²) in [6, 6.07) is 17.9. The molecular weight excluding hydrogens is 456 g/mol. The van der Waals surface area contributed by atoms with Gasteiger partial charge in [0.1, 0.15) is 5.75 Å². The summed E-state index contributed by atoms with van der Waals surface area (Å²) >= 11 is 6.02. The number of allylic oxidation sites excluding steroid dienone is 2. The number of hydrogen-bond donors (Lipinski definition) is 1. The SMILES string of the molecule is C=CCc1cccc2c1C/C(=C/CCN1CCC(O)(c3ccc(Cl)cc3)CC1)c1cccnc1O2. The summed E-state index contributed by atoms with van der Waals surface area (Å²) in [5.74, 6) is 1.55. The van der Waals surface area contributed by atoms with E-state index in [0.717, 1.165) is 68.6 Å². The lowest BCUT2D eigenvalue weighted by Gasteiger charge is -2.38. The monoisotopic (exact) mass is 486 g/mol. The maximum atomic E-state index is 11.2. The zero-order valence-electron chi connectivity index (χ0n) is 19.9. The Bertz CT molecular complexity index is 1230. The van der Waals surface area contributed by atoms with E-state index in [9.17, 15) is 5.11 Å². The Morgan fingerprint density at radius 3 is 2.66 bits per heavy atom. The Hall–Kier alpha value is -2.92. The molecule has 2 aromatic carbocycles. The average Bonchev–Trinajstić information content (AvgIpc) is 3.03. The highest BCUT2D eigenvalue weighted by Crippen LogP contribution is 2.39. The van der Waals surface area contributed by atoms with E-state index in [4.69, 9.17) is 16.3 Å². The molecule has 0 bridgehead atoms. The molecule has 1 aromatic heterocycles. The zero-order chi connectivity index (χ0) is 24.3. The molecule has 3 heterocycles. The van der Waals surface area contributed by atoms with E-state index in [1.165, 1.54) is 16.7 Å². The number of aromatic nitrogens is 1. The number of rotatable bonds is 6. The van der Waals surface area contributed by atoms with Gasteiger partial charge < -0.3 is 14.7 Å². The molecule has 35 heavy (non-hydrogen) atoms. The number of piperidine rings is 1. The molecule has 5 rings (SSSR count). The smallest absolute Gasteiger partial charge is 0.226 e.